The number of benzene rings is 1. The highest BCUT2D eigenvalue weighted by Gasteiger charge is 2.69. The molecule has 19 heavy (non-hydrogen) atoms. The third kappa shape index (κ3) is 2.53. The molecule has 2 aliphatic rings. The lowest BCUT2D eigenvalue weighted by Crippen LogP contribution is -2.39. The van der Waals surface area contributed by atoms with Crippen molar-refractivity contribution in [1.82, 2.24) is 0 Å². The summed E-state index contributed by atoms with van der Waals surface area (Å²) < 4.78 is 6.65. The van der Waals surface area contributed by atoms with Gasteiger partial charge in [-0.25, -0.2) is 0 Å². The Kier molecular flexibility index (Phi) is 3.14. The molecule has 1 aromatic carbocycles. The van der Waals surface area contributed by atoms with Crippen LogP contribution in [0.1, 0.15) is 37.7 Å². The first-order valence-corrected chi connectivity index (χ1v) is 11.1. The smallest absolute Gasteiger partial charge is 0.184 e. The Morgan fingerprint density at radius 3 is 2.42 bits per heavy atom. The summed E-state index contributed by atoms with van der Waals surface area (Å²) in [7, 11) is -1.44. The summed E-state index contributed by atoms with van der Waals surface area (Å²) in [6.45, 7) is 7.01. The molecule has 104 valence electrons. The van der Waals surface area contributed by atoms with Gasteiger partial charge in [0.1, 0.15) is 0 Å². The molecule has 0 amide bonds. The molecular weight excluding hydrogens is 248 g/mol. The second-order valence-electron chi connectivity index (χ2n) is 7.54. The van der Waals surface area contributed by atoms with E-state index in [1.165, 1.54) is 44.1 Å². The van der Waals surface area contributed by atoms with Crippen LogP contribution < -0.4 is 0 Å². The summed E-state index contributed by atoms with van der Waals surface area (Å²) >= 11 is 0. The van der Waals surface area contributed by atoms with E-state index in [4.69, 9.17) is 4.43 Å². The lowest BCUT2D eigenvalue weighted by molar-refractivity contribution is 0.0797. The minimum absolute atomic E-state index is 0.242. The van der Waals surface area contributed by atoms with Crippen molar-refractivity contribution in [1.29, 1.82) is 0 Å². The molecule has 1 aromatic rings. The highest BCUT2D eigenvalue weighted by Crippen LogP contribution is 2.68. The third-order valence-electron chi connectivity index (χ3n) is 4.84. The van der Waals surface area contributed by atoms with Crippen LogP contribution in [0.15, 0.2) is 30.3 Å². The number of hydrogen-bond donors (Lipinski definition) is 0. The lowest BCUT2D eigenvalue weighted by atomic mass is 9.82. The summed E-state index contributed by atoms with van der Waals surface area (Å²) in [6.07, 6.45) is 7.94. The van der Waals surface area contributed by atoms with E-state index in [9.17, 15) is 0 Å². The summed E-state index contributed by atoms with van der Waals surface area (Å²) in [4.78, 5) is 0. The van der Waals surface area contributed by atoms with Gasteiger partial charge in [0.15, 0.2) is 8.32 Å². The van der Waals surface area contributed by atoms with Crippen LogP contribution in [0, 0.1) is 5.41 Å². The minimum Gasteiger partial charge on any atom is -0.412 e. The van der Waals surface area contributed by atoms with E-state index in [2.05, 4.69) is 50.0 Å². The van der Waals surface area contributed by atoms with E-state index in [1.807, 2.05) is 0 Å². The molecule has 2 fully saturated rings. The van der Waals surface area contributed by atoms with Gasteiger partial charge in [-0.15, -0.1) is 0 Å². The fraction of sp³-hybridized carbons (Fsp3) is 0.647. The number of fused-ring (bicyclic) bond motifs is 1. The second-order valence-corrected chi connectivity index (χ2v) is 12.0. The fourth-order valence-corrected chi connectivity index (χ4v) is 5.69. The Balaban J connectivity index is 1.79. The normalized spacial score (nSPS) is 33.8. The average molecular weight is 274 g/mol. The molecule has 1 nitrogen and oxygen atoms in total. The molecule has 0 heterocycles. The molecule has 0 N–H and O–H groups in total. The maximum Gasteiger partial charge on any atom is 0.184 e. The van der Waals surface area contributed by atoms with Gasteiger partial charge in [-0.2, -0.15) is 0 Å². The zero-order chi connectivity index (χ0) is 13.6. The van der Waals surface area contributed by atoms with E-state index in [1.54, 1.807) is 0 Å². The van der Waals surface area contributed by atoms with Gasteiger partial charge in [0.05, 0.1) is 5.60 Å². The molecule has 2 aliphatic carbocycles. The summed E-state index contributed by atoms with van der Waals surface area (Å²) in [5.74, 6) is 0. The Morgan fingerprint density at radius 1 is 1.05 bits per heavy atom. The van der Waals surface area contributed by atoms with E-state index >= 15 is 0 Å². The van der Waals surface area contributed by atoms with Crippen LogP contribution >= 0.6 is 0 Å². The van der Waals surface area contributed by atoms with Crippen molar-refractivity contribution < 1.29 is 4.43 Å². The van der Waals surface area contributed by atoms with Crippen LogP contribution in [0.4, 0.5) is 0 Å². The first kappa shape index (κ1) is 13.4. The third-order valence-corrected chi connectivity index (χ3v) is 5.84. The molecule has 0 aliphatic heterocycles. The van der Waals surface area contributed by atoms with Crippen molar-refractivity contribution in [2.75, 3.05) is 0 Å². The largest absolute Gasteiger partial charge is 0.412 e. The first-order chi connectivity index (χ1) is 8.95. The SMILES string of the molecule is C[Si](C)(C)OC12CCCCC1(Cc1ccccc1)C2. The van der Waals surface area contributed by atoms with Crippen LogP contribution in [0.2, 0.25) is 19.6 Å². The van der Waals surface area contributed by atoms with Crippen LogP contribution in [0.25, 0.3) is 0 Å². The number of hydrogen-bond acceptors (Lipinski definition) is 1. The Bertz CT molecular complexity index is 450. The van der Waals surface area contributed by atoms with Gasteiger partial charge in [0.2, 0.25) is 0 Å². The van der Waals surface area contributed by atoms with Crippen molar-refractivity contribution in [2.24, 2.45) is 5.41 Å². The molecule has 0 saturated heterocycles. The monoisotopic (exact) mass is 274 g/mol. The number of rotatable bonds is 4. The standard InChI is InChI=1S/C17H26OSi/c1-19(2,3)18-17-12-8-7-11-16(17,14-17)13-15-9-5-4-6-10-15/h4-6,9-10H,7-8,11-14H2,1-3H3. The Hall–Kier alpha value is -0.603. The molecule has 0 radical (unpaired) electrons. The highest BCUT2D eigenvalue weighted by atomic mass is 28.4. The maximum absolute atomic E-state index is 6.65. The van der Waals surface area contributed by atoms with Crippen LogP contribution in [0.5, 0.6) is 0 Å². The topological polar surface area (TPSA) is 9.23 Å². The van der Waals surface area contributed by atoms with E-state index in [0.717, 1.165) is 0 Å². The molecule has 0 spiro atoms. The summed E-state index contributed by atoms with van der Waals surface area (Å²) in [5.41, 5.74) is 2.20. The van der Waals surface area contributed by atoms with Crippen LogP contribution in [0.3, 0.4) is 0 Å². The molecule has 0 bridgehead atoms. The van der Waals surface area contributed by atoms with Gasteiger partial charge >= 0.3 is 0 Å². The average Bonchev–Trinajstić information content (AvgIpc) is 2.95. The predicted molar refractivity (Wildman–Crippen MR) is 82.8 cm³/mol. The molecule has 3 rings (SSSR count). The zero-order valence-corrected chi connectivity index (χ0v) is 13.5. The lowest BCUT2D eigenvalue weighted by Gasteiger charge is -2.35. The van der Waals surface area contributed by atoms with Crippen molar-refractivity contribution in [3.63, 3.8) is 0 Å². The van der Waals surface area contributed by atoms with Gasteiger partial charge in [-0.05, 0) is 50.9 Å². The molecular formula is C17H26OSi. The van der Waals surface area contributed by atoms with E-state index in [-0.39, 0.29) is 5.60 Å². The zero-order valence-electron chi connectivity index (χ0n) is 12.5. The minimum atomic E-state index is -1.44. The van der Waals surface area contributed by atoms with E-state index < -0.39 is 8.32 Å². The molecule has 2 heteroatoms. The van der Waals surface area contributed by atoms with Crippen molar-refractivity contribution in [3.05, 3.63) is 35.9 Å². The van der Waals surface area contributed by atoms with Gasteiger partial charge < -0.3 is 4.43 Å². The van der Waals surface area contributed by atoms with Crippen molar-refractivity contribution in [2.45, 2.75) is 63.8 Å². The Morgan fingerprint density at radius 2 is 1.74 bits per heavy atom. The van der Waals surface area contributed by atoms with Gasteiger partial charge in [-0.3, -0.25) is 0 Å². The van der Waals surface area contributed by atoms with Crippen molar-refractivity contribution >= 4 is 8.32 Å². The maximum atomic E-state index is 6.65. The molecule has 2 atom stereocenters. The van der Waals surface area contributed by atoms with Gasteiger partial charge in [-0.1, -0.05) is 43.2 Å². The summed E-state index contributed by atoms with van der Waals surface area (Å²) in [5, 5.41) is 0. The fourth-order valence-electron chi connectivity index (χ4n) is 4.13. The Labute approximate surface area is 118 Å². The van der Waals surface area contributed by atoms with Crippen LogP contribution in [-0.4, -0.2) is 13.9 Å². The second kappa shape index (κ2) is 4.46. The van der Waals surface area contributed by atoms with Crippen LogP contribution in [-0.2, 0) is 10.8 Å². The predicted octanol–water partition coefficient (Wildman–Crippen LogP) is 4.78. The van der Waals surface area contributed by atoms with Gasteiger partial charge in [0.25, 0.3) is 0 Å². The van der Waals surface area contributed by atoms with Crippen molar-refractivity contribution in [3.8, 4) is 0 Å². The van der Waals surface area contributed by atoms with E-state index in [0.29, 0.717) is 5.41 Å². The molecule has 2 unspecified atom stereocenters. The molecule has 2 saturated carbocycles. The van der Waals surface area contributed by atoms with Gasteiger partial charge in [0, 0.05) is 5.41 Å². The highest BCUT2D eigenvalue weighted by molar-refractivity contribution is 6.69. The molecule has 0 aromatic heterocycles. The quantitative estimate of drug-likeness (QED) is 0.718. The summed E-state index contributed by atoms with van der Waals surface area (Å²) in [6, 6.07) is 11.0. The first-order valence-electron chi connectivity index (χ1n) is 7.69.